The highest BCUT2D eigenvalue weighted by Gasteiger charge is 2.37. The Hall–Kier alpha value is -2.66. The van der Waals surface area contributed by atoms with Crippen LogP contribution in [0.1, 0.15) is 47.2 Å². The molecule has 0 saturated heterocycles. The summed E-state index contributed by atoms with van der Waals surface area (Å²) in [6, 6.07) is 0.669. The molecule has 0 fully saturated rings. The maximum atomic E-state index is 12.8. The van der Waals surface area contributed by atoms with Gasteiger partial charge in [0.05, 0.1) is 17.2 Å². The maximum Gasteiger partial charge on any atom is 0.416 e. The van der Waals surface area contributed by atoms with Crippen molar-refractivity contribution in [3.63, 3.8) is 0 Å². The standard InChI is InChI=1S/C15H15F6N5O/c1-8(2)26-12(23-24-25-26)3-4-22-13(27)9-5-10(14(16,17)18)7-11(6-9)15(19,20)21/h5-8H,3-4H2,1-2H3,(H,22,27). The third kappa shape index (κ3) is 5.17. The number of hydrogen-bond donors (Lipinski definition) is 1. The fourth-order valence-electron chi connectivity index (χ4n) is 2.25. The third-order valence-corrected chi connectivity index (χ3v) is 3.53. The summed E-state index contributed by atoms with van der Waals surface area (Å²) in [7, 11) is 0. The number of tetrazole rings is 1. The quantitative estimate of drug-likeness (QED) is 0.789. The summed E-state index contributed by atoms with van der Waals surface area (Å²) in [6.45, 7) is 3.57. The van der Waals surface area contributed by atoms with Crippen LogP contribution in [0.15, 0.2) is 18.2 Å². The van der Waals surface area contributed by atoms with Crippen LogP contribution in [-0.2, 0) is 18.8 Å². The van der Waals surface area contributed by atoms with Crippen LogP contribution in [0, 0.1) is 0 Å². The number of alkyl halides is 6. The lowest BCUT2D eigenvalue weighted by Gasteiger charge is -2.14. The molecule has 0 spiro atoms. The summed E-state index contributed by atoms with van der Waals surface area (Å²) in [6.07, 6.45) is -9.88. The van der Waals surface area contributed by atoms with E-state index in [0.29, 0.717) is 18.0 Å². The molecule has 1 aromatic carbocycles. The summed E-state index contributed by atoms with van der Waals surface area (Å²) in [5.41, 5.74) is -3.84. The molecular formula is C15H15F6N5O. The first-order chi connectivity index (χ1) is 12.4. The lowest BCUT2D eigenvalue weighted by Crippen LogP contribution is -2.27. The van der Waals surface area contributed by atoms with Gasteiger partial charge in [0.25, 0.3) is 5.91 Å². The Morgan fingerprint density at radius 2 is 1.63 bits per heavy atom. The molecule has 2 rings (SSSR count). The van der Waals surface area contributed by atoms with E-state index in [4.69, 9.17) is 0 Å². The molecule has 1 heterocycles. The Kier molecular flexibility index (Phi) is 5.76. The smallest absolute Gasteiger partial charge is 0.352 e. The van der Waals surface area contributed by atoms with Crippen molar-refractivity contribution in [2.45, 2.75) is 38.7 Å². The van der Waals surface area contributed by atoms with Crippen molar-refractivity contribution in [1.29, 1.82) is 0 Å². The number of halogens is 6. The van der Waals surface area contributed by atoms with Crippen molar-refractivity contribution in [2.75, 3.05) is 6.54 Å². The van der Waals surface area contributed by atoms with E-state index in [1.807, 2.05) is 13.8 Å². The highest BCUT2D eigenvalue weighted by Crippen LogP contribution is 2.36. The van der Waals surface area contributed by atoms with Crippen LogP contribution in [0.3, 0.4) is 0 Å². The number of aromatic nitrogens is 4. The summed E-state index contributed by atoms with van der Waals surface area (Å²) < 4.78 is 78.5. The molecule has 2 aromatic rings. The van der Waals surface area contributed by atoms with Gasteiger partial charge in [-0.1, -0.05) is 0 Å². The SMILES string of the molecule is CC(C)n1nnnc1CCNC(=O)c1cc(C(F)(F)F)cc(C(F)(F)F)c1. The Balaban J connectivity index is 2.16. The van der Waals surface area contributed by atoms with Gasteiger partial charge < -0.3 is 5.32 Å². The van der Waals surface area contributed by atoms with Crippen LogP contribution in [0.5, 0.6) is 0 Å². The molecule has 1 N–H and O–H groups in total. The molecular weight excluding hydrogens is 380 g/mol. The van der Waals surface area contributed by atoms with Crippen molar-refractivity contribution >= 4 is 5.91 Å². The fraction of sp³-hybridized carbons (Fsp3) is 0.467. The first-order valence-corrected chi connectivity index (χ1v) is 7.74. The van der Waals surface area contributed by atoms with Crippen LogP contribution >= 0.6 is 0 Å². The van der Waals surface area contributed by atoms with E-state index in [2.05, 4.69) is 20.8 Å². The molecule has 148 valence electrons. The molecule has 12 heteroatoms. The van der Waals surface area contributed by atoms with Crippen LogP contribution in [0.4, 0.5) is 26.3 Å². The Morgan fingerprint density at radius 3 is 2.11 bits per heavy atom. The number of amides is 1. The van der Waals surface area contributed by atoms with E-state index in [0.717, 1.165) is 0 Å². The molecule has 0 aliphatic carbocycles. The van der Waals surface area contributed by atoms with Gasteiger partial charge >= 0.3 is 12.4 Å². The molecule has 0 bridgehead atoms. The molecule has 0 aliphatic heterocycles. The van der Waals surface area contributed by atoms with Gasteiger partial charge in [-0.3, -0.25) is 4.79 Å². The Morgan fingerprint density at radius 1 is 1.07 bits per heavy atom. The molecule has 1 aromatic heterocycles. The molecule has 1 amide bonds. The monoisotopic (exact) mass is 395 g/mol. The van der Waals surface area contributed by atoms with Gasteiger partial charge in [0.1, 0.15) is 0 Å². The number of carbonyl (C=O) groups is 1. The highest BCUT2D eigenvalue weighted by atomic mass is 19.4. The number of rotatable bonds is 5. The molecule has 27 heavy (non-hydrogen) atoms. The summed E-state index contributed by atoms with van der Waals surface area (Å²) >= 11 is 0. The number of carbonyl (C=O) groups excluding carboxylic acids is 1. The number of nitrogens with one attached hydrogen (secondary N) is 1. The second-order valence-corrected chi connectivity index (χ2v) is 5.93. The summed E-state index contributed by atoms with van der Waals surface area (Å²) in [5, 5.41) is 13.2. The van der Waals surface area contributed by atoms with Crippen molar-refractivity contribution in [3.8, 4) is 0 Å². The molecule has 0 unspecified atom stereocenters. The van der Waals surface area contributed by atoms with Gasteiger partial charge in [0.2, 0.25) is 0 Å². The molecule has 6 nitrogen and oxygen atoms in total. The summed E-state index contributed by atoms with van der Waals surface area (Å²) in [4.78, 5) is 12.0. The van der Waals surface area contributed by atoms with E-state index in [1.165, 1.54) is 4.68 Å². The van der Waals surface area contributed by atoms with Crippen molar-refractivity contribution in [1.82, 2.24) is 25.5 Å². The van der Waals surface area contributed by atoms with Crippen LogP contribution < -0.4 is 5.32 Å². The second-order valence-electron chi connectivity index (χ2n) is 5.93. The van der Waals surface area contributed by atoms with Crippen LogP contribution in [0.25, 0.3) is 0 Å². The Bertz CT molecular complexity index is 780. The Labute approximate surface area is 149 Å². The highest BCUT2D eigenvalue weighted by molar-refractivity contribution is 5.94. The predicted octanol–water partition coefficient (Wildman–Crippen LogP) is 3.26. The number of nitrogens with zero attached hydrogens (tertiary/aromatic N) is 4. The van der Waals surface area contributed by atoms with Gasteiger partial charge in [-0.05, 0) is 42.5 Å². The lowest BCUT2D eigenvalue weighted by atomic mass is 10.0. The zero-order valence-corrected chi connectivity index (χ0v) is 14.2. The topological polar surface area (TPSA) is 72.7 Å². The van der Waals surface area contributed by atoms with Gasteiger partial charge in [0.15, 0.2) is 5.82 Å². The van der Waals surface area contributed by atoms with E-state index < -0.39 is 35.0 Å². The minimum Gasteiger partial charge on any atom is -0.352 e. The minimum atomic E-state index is -5.02. The van der Waals surface area contributed by atoms with Gasteiger partial charge in [-0.25, -0.2) is 4.68 Å². The zero-order valence-electron chi connectivity index (χ0n) is 14.2. The third-order valence-electron chi connectivity index (χ3n) is 3.53. The molecule has 0 aliphatic rings. The van der Waals surface area contributed by atoms with E-state index in [-0.39, 0.29) is 25.1 Å². The average Bonchev–Trinajstić information content (AvgIpc) is 3.01. The second kappa shape index (κ2) is 7.53. The van der Waals surface area contributed by atoms with Crippen molar-refractivity contribution in [3.05, 3.63) is 40.7 Å². The minimum absolute atomic E-state index is 0.0342. The van der Waals surface area contributed by atoms with Crippen LogP contribution in [-0.4, -0.2) is 32.7 Å². The maximum absolute atomic E-state index is 12.8. The van der Waals surface area contributed by atoms with Crippen molar-refractivity contribution < 1.29 is 31.1 Å². The molecule has 0 radical (unpaired) electrons. The van der Waals surface area contributed by atoms with Gasteiger partial charge in [0, 0.05) is 18.5 Å². The fourth-order valence-corrected chi connectivity index (χ4v) is 2.25. The largest absolute Gasteiger partial charge is 0.416 e. The van der Waals surface area contributed by atoms with Gasteiger partial charge in [-0.2, -0.15) is 26.3 Å². The molecule has 0 atom stereocenters. The average molecular weight is 395 g/mol. The number of hydrogen-bond acceptors (Lipinski definition) is 4. The summed E-state index contributed by atoms with van der Waals surface area (Å²) in [5.74, 6) is -0.638. The van der Waals surface area contributed by atoms with E-state index >= 15 is 0 Å². The first kappa shape index (κ1) is 20.6. The van der Waals surface area contributed by atoms with E-state index in [1.54, 1.807) is 0 Å². The normalized spacial score (nSPS) is 12.5. The number of benzene rings is 1. The van der Waals surface area contributed by atoms with Crippen LogP contribution in [0.2, 0.25) is 0 Å². The molecule has 0 saturated carbocycles. The van der Waals surface area contributed by atoms with Crippen molar-refractivity contribution in [2.24, 2.45) is 0 Å². The first-order valence-electron chi connectivity index (χ1n) is 7.74. The lowest BCUT2D eigenvalue weighted by molar-refractivity contribution is -0.143. The zero-order chi connectivity index (χ0) is 20.4. The van der Waals surface area contributed by atoms with Gasteiger partial charge in [-0.15, -0.1) is 5.10 Å². The predicted molar refractivity (Wildman–Crippen MR) is 80.7 cm³/mol. The van der Waals surface area contributed by atoms with E-state index in [9.17, 15) is 31.1 Å².